The Morgan fingerprint density at radius 2 is 1.83 bits per heavy atom. The first-order valence-electron chi connectivity index (χ1n) is 5.51. The van der Waals surface area contributed by atoms with E-state index in [1.54, 1.807) is 20.3 Å². The lowest BCUT2D eigenvalue weighted by Gasteiger charge is -2.10. The van der Waals surface area contributed by atoms with Crippen molar-refractivity contribution in [3.8, 4) is 28.7 Å². The van der Waals surface area contributed by atoms with Gasteiger partial charge < -0.3 is 9.47 Å². The van der Waals surface area contributed by atoms with Crippen molar-refractivity contribution in [3.63, 3.8) is 0 Å². The quantitative estimate of drug-likeness (QED) is 0.825. The fourth-order valence-electron chi connectivity index (χ4n) is 1.79. The third-order valence-corrected chi connectivity index (χ3v) is 2.71. The molecule has 2 rings (SSSR count). The van der Waals surface area contributed by atoms with E-state index in [9.17, 15) is 0 Å². The summed E-state index contributed by atoms with van der Waals surface area (Å²) < 4.78 is 10.5. The van der Waals surface area contributed by atoms with Crippen molar-refractivity contribution in [1.29, 1.82) is 5.26 Å². The van der Waals surface area contributed by atoms with Crippen LogP contribution >= 0.6 is 0 Å². The highest BCUT2D eigenvalue weighted by Crippen LogP contribution is 2.33. The molecule has 0 aromatic heterocycles. The van der Waals surface area contributed by atoms with Crippen molar-refractivity contribution < 1.29 is 9.47 Å². The van der Waals surface area contributed by atoms with E-state index in [2.05, 4.69) is 6.07 Å². The summed E-state index contributed by atoms with van der Waals surface area (Å²) >= 11 is 0. The number of methoxy groups -OCH3 is 2. The van der Waals surface area contributed by atoms with E-state index in [-0.39, 0.29) is 0 Å². The predicted octanol–water partition coefficient (Wildman–Crippen LogP) is 3.24. The van der Waals surface area contributed by atoms with Gasteiger partial charge in [-0.2, -0.15) is 5.26 Å². The van der Waals surface area contributed by atoms with Crippen LogP contribution in [0.3, 0.4) is 0 Å². The summed E-state index contributed by atoms with van der Waals surface area (Å²) in [5, 5.41) is 8.92. The maximum absolute atomic E-state index is 8.92. The number of hydrogen-bond acceptors (Lipinski definition) is 3. The van der Waals surface area contributed by atoms with Gasteiger partial charge >= 0.3 is 0 Å². The topological polar surface area (TPSA) is 42.2 Å². The van der Waals surface area contributed by atoms with E-state index >= 15 is 0 Å². The van der Waals surface area contributed by atoms with Gasteiger partial charge in [0.2, 0.25) is 0 Å². The molecule has 0 aliphatic rings. The Bertz CT molecular complexity index is 600. The summed E-state index contributed by atoms with van der Waals surface area (Å²) in [4.78, 5) is 0. The number of nitriles is 1. The monoisotopic (exact) mass is 239 g/mol. The molecule has 0 saturated heterocycles. The molecule has 90 valence electrons. The summed E-state index contributed by atoms with van der Waals surface area (Å²) in [5.74, 6) is 1.47. The molecule has 0 N–H and O–H groups in total. The zero-order chi connectivity index (χ0) is 13.0. The van der Waals surface area contributed by atoms with Gasteiger partial charge in [-0.1, -0.05) is 12.1 Å². The standard InChI is InChI=1S/C15H13NO2/c1-17-13-6-7-14(15(9-13)18-2)12-5-3-4-11(8-12)10-16/h3-9H,1-2H3. The van der Waals surface area contributed by atoms with Crippen molar-refractivity contribution in [2.75, 3.05) is 14.2 Å². The van der Waals surface area contributed by atoms with Crippen LogP contribution in [-0.4, -0.2) is 14.2 Å². The average Bonchev–Trinajstić information content (AvgIpc) is 2.46. The number of benzene rings is 2. The molecule has 2 aromatic rings. The summed E-state index contributed by atoms with van der Waals surface area (Å²) in [7, 11) is 3.23. The first-order valence-corrected chi connectivity index (χ1v) is 5.51. The maximum Gasteiger partial charge on any atom is 0.130 e. The van der Waals surface area contributed by atoms with Crippen LogP contribution in [0, 0.1) is 11.3 Å². The van der Waals surface area contributed by atoms with E-state index < -0.39 is 0 Å². The Balaban J connectivity index is 2.53. The van der Waals surface area contributed by atoms with Gasteiger partial charge in [-0.3, -0.25) is 0 Å². The molecule has 0 aliphatic carbocycles. The maximum atomic E-state index is 8.92. The third kappa shape index (κ3) is 2.28. The molecule has 2 aromatic carbocycles. The molecule has 0 atom stereocenters. The first kappa shape index (κ1) is 12.0. The van der Waals surface area contributed by atoms with Crippen LogP contribution in [0.2, 0.25) is 0 Å². The molecule has 0 saturated carbocycles. The molecule has 0 aliphatic heterocycles. The van der Waals surface area contributed by atoms with Crippen molar-refractivity contribution in [2.45, 2.75) is 0 Å². The van der Waals surface area contributed by atoms with Gasteiger partial charge in [0.15, 0.2) is 0 Å². The highest BCUT2D eigenvalue weighted by Gasteiger charge is 2.07. The number of hydrogen-bond donors (Lipinski definition) is 0. The smallest absolute Gasteiger partial charge is 0.130 e. The van der Waals surface area contributed by atoms with Gasteiger partial charge in [-0.25, -0.2) is 0 Å². The summed E-state index contributed by atoms with van der Waals surface area (Å²) in [6, 6.07) is 15.2. The average molecular weight is 239 g/mol. The fraction of sp³-hybridized carbons (Fsp3) is 0.133. The van der Waals surface area contributed by atoms with E-state index in [0.717, 1.165) is 22.6 Å². The summed E-state index contributed by atoms with van der Waals surface area (Å²) in [5.41, 5.74) is 2.52. The van der Waals surface area contributed by atoms with Crippen molar-refractivity contribution >= 4 is 0 Å². The lowest BCUT2D eigenvalue weighted by atomic mass is 10.0. The molecule has 0 bridgehead atoms. The molecule has 0 radical (unpaired) electrons. The van der Waals surface area contributed by atoms with E-state index in [4.69, 9.17) is 14.7 Å². The molecule has 0 spiro atoms. The Morgan fingerprint density at radius 3 is 2.50 bits per heavy atom. The molecule has 3 heteroatoms. The molecular formula is C15H13NO2. The lowest BCUT2D eigenvalue weighted by Crippen LogP contribution is -1.90. The minimum absolute atomic E-state index is 0.630. The van der Waals surface area contributed by atoms with Gasteiger partial charge in [-0.05, 0) is 29.8 Å². The molecule has 18 heavy (non-hydrogen) atoms. The fourth-order valence-corrected chi connectivity index (χ4v) is 1.79. The minimum atomic E-state index is 0.630. The molecule has 0 amide bonds. The molecule has 0 fully saturated rings. The second kappa shape index (κ2) is 5.24. The van der Waals surface area contributed by atoms with Crippen molar-refractivity contribution in [2.24, 2.45) is 0 Å². The van der Waals surface area contributed by atoms with Gasteiger partial charge in [-0.15, -0.1) is 0 Å². The minimum Gasteiger partial charge on any atom is -0.497 e. The Morgan fingerprint density at radius 1 is 1.00 bits per heavy atom. The van der Waals surface area contributed by atoms with Gasteiger partial charge in [0.1, 0.15) is 11.5 Å². The van der Waals surface area contributed by atoms with Crippen LogP contribution in [0.5, 0.6) is 11.5 Å². The number of ether oxygens (including phenoxy) is 2. The Hall–Kier alpha value is -2.47. The number of rotatable bonds is 3. The second-order valence-electron chi connectivity index (χ2n) is 3.76. The summed E-state index contributed by atoms with van der Waals surface area (Å²) in [6.45, 7) is 0. The molecule has 3 nitrogen and oxygen atoms in total. The molecule has 0 heterocycles. The van der Waals surface area contributed by atoms with Crippen molar-refractivity contribution in [1.82, 2.24) is 0 Å². The Labute approximate surface area is 106 Å². The van der Waals surface area contributed by atoms with Gasteiger partial charge in [0.05, 0.1) is 25.9 Å². The van der Waals surface area contributed by atoms with E-state index in [0.29, 0.717) is 5.56 Å². The van der Waals surface area contributed by atoms with Gasteiger partial charge in [0.25, 0.3) is 0 Å². The third-order valence-electron chi connectivity index (χ3n) is 2.71. The highest BCUT2D eigenvalue weighted by atomic mass is 16.5. The van der Waals surface area contributed by atoms with Gasteiger partial charge in [0, 0.05) is 11.6 Å². The van der Waals surface area contributed by atoms with Crippen LogP contribution in [0.1, 0.15) is 5.56 Å². The Kier molecular flexibility index (Phi) is 3.49. The van der Waals surface area contributed by atoms with Crippen LogP contribution in [0.25, 0.3) is 11.1 Å². The molecule has 0 unspecified atom stereocenters. The highest BCUT2D eigenvalue weighted by molar-refractivity contribution is 5.72. The van der Waals surface area contributed by atoms with Crippen LogP contribution < -0.4 is 9.47 Å². The lowest BCUT2D eigenvalue weighted by molar-refractivity contribution is 0.395. The first-order chi connectivity index (χ1) is 8.78. The normalized spacial score (nSPS) is 9.61. The van der Waals surface area contributed by atoms with Crippen molar-refractivity contribution in [3.05, 3.63) is 48.0 Å². The number of nitrogens with zero attached hydrogens (tertiary/aromatic N) is 1. The van der Waals surface area contributed by atoms with Crippen LogP contribution in [0.4, 0.5) is 0 Å². The molecular weight excluding hydrogens is 226 g/mol. The second-order valence-corrected chi connectivity index (χ2v) is 3.76. The van der Waals surface area contributed by atoms with E-state index in [1.807, 2.05) is 36.4 Å². The largest absolute Gasteiger partial charge is 0.497 e. The zero-order valence-corrected chi connectivity index (χ0v) is 10.3. The van der Waals surface area contributed by atoms with E-state index in [1.165, 1.54) is 0 Å². The van der Waals surface area contributed by atoms with Crippen LogP contribution in [-0.2, 0) is 0 Å². The van der Waals surface area contributed by atoms with Crippen LogP contribution in [0.15, 0.2) is 42.5 Å². The zero-order valence-electron chi connectivity index (χ0n) is 10.3. The summed E-state index contributed by atoms with van der Waals surface area (Å²) in [6.07, 6.45) is 0. The predicted molar refractivity (Wildman–Crippen MR) is 69.7 cm³/mol. The SMILES string of the molecule is COc1ccc(-c2cccc(C#N)c2)c(OC)c1.